The number of benzene rings is 1. The second kappa shape index (κ2) is 7.51. The molecule has 26 heavy (non-hydrogen) atoms. The minimum absolute atomic E-state index is 0.0126. The van der Waals surface area contributed by atoms with E-state index >= 15 is 0 Å². The van der Waals surface area contributed by atoms with Crippen LogP contribution in [0.15, 0.2) is 35.4 Å². The van der Waals surface area contributed by atoms with Gasteiger partial charge < -0.3 is 14.4 Å². The molecule has 1 aliphatic rings. The molecule has 0 bridgehead atoms. The molecule has 140 valence electrons. The quantitative estimate of drug-likeness (QED) is 0.828. The third-order valence-corrected chi connectivity index (χ3v) is 5.15. The summed E-state index contributed by atoms with van der Waals surface area (Å²) in [5.74, 6) is 2.24. The fraction of sp³-hybridized carbons (Fsp3) is 0.389. The zero-order valence-corrected chi connectivity index (χ0v) is 15.8. The van der Waals surface area contributed by atoms with Crippen molar-refractivity contribution in [1.29, 1.82) is 0 Å². The van der Waals surface area contributed by atoms with Crippen molar-refractivity contribution >= 4 is 15.8 Å². The number of hydrogen-bond donors (Lipinski definition) is 1. The Labute approximate surface area is 153 Å². The molecule has 0 spiro atoms. The maximum Gasteiger partial charge on any atom is 0.239 e. The molecule has 0 radical (unpaired) electrons. The van der Waals surface area contributed by atoms with Crippen molar-refractivity contribution in [3.05, 3.63) is 41.6 Å². The van der Waals surface area contributed by atoms with E-state index in [1.807, 2.05) is 19.9 Å². The SMILES string of the molecule is CCOc1cc2c(cc1OCC)CN(c1ccc(S(N)(=O)=O)cn1)CC2. The molecule has 8 heteroatoms. The fourth-order valence-corrected chi connectivity index (χ4v) is 3.48. The van der Waals surface area contributed by atoms with Gasteiger partial charge in [-0.05, 0) is 55.7 Å². The minimum atomic E-state index is -3.73. The molecular formula is C18H23N3O4S. The number of rotatable bonds is 6. The number of primary sulfonamides is 1. The molecule has 1 aromatic heterocycles. The highest BCUT2D eigenvalue weighted by Crippen LogP contribution is 2.34. The number of aromatic nitrogens is 1. The molecule has 0 saturated heterocycles. The topological polar surface area (TPSA) is 94.7 Å². The lowest BCUT2D eigenvalue weighted by Crippen LogP contribution is -2.31. The lowest BCUT2D eigenvalue weighted by atomic mass is 9.98. The highest BCUT2D eigenvalue weighted by Gasteiger charge is 2.21. The van der Waals surface area contributed by atoms with E-state index in [1.165, 1.54) is 17.8 Å². The number of nitrogens with zero attached hydrogens (tertiary/aromatic N) is 2. The smallest absolute Gasteiger partial charge is 0.239 e. The van der Waals surface area contributed by atoms with Gasteiger partial charge in [-0.2, -0.15) is 0 Å². The summed E-state index contributed by atoms with van der Waals surface area (Å²) in [5.41, 5.74) is 2.38. The van der Waals surface area contributed by atoms with E-state index < -0.39 is 10.0 Å². The van der Waals surface area contributed by atoms with Crippen molar-refractivity contribution in [1.82, 2.24) is 4.98 Å². The van der Waals surface area contributed by atoms with Gasteiger partial charge in [0.2, 0.25) is 10.0 Å². The number of fused-ring (bicyclic) bond motifs is 1. The maximum absolute atomic E-state index is 11.4. The fourth-order valence-electron chi connectivity index (χ4n) is 3.02. The van der Waals surface area contributed by atoms with Crippen LogP contribution < -0.4 is 19.5 Å². The van der Waals surface area contributed by atoms with Crippen LogP contribution in [0.3, 0.4) is 0 Å². The predicted octanol–water partition coefficient (Wildman–Crippen LogP) is 2.09. The van der Waals surface area contributed by atoms with Crippen LogP contribution in [-0.4, -0.2) is 33.2 Å². The Morgan fingerprint density at radius 1 is 1.12 bits per heavy atom. The Balaban J connectivity index is 1.85. The van der Waals surface area contributed by atoms with Crippen molar-refractivity contribution in [2.24, 2.45) is 5.14 Å². The second-order valence-corrected chi connectivity index (χ2v) is 7.56. The summed E-state index contributed by atoms with van der Waals surface area (Å²) in [5, 5.41) is 5.13. The van der Waals surface area contributed by atoms with Gasteiger partial charge in [-0.3, -0.25) is 0 Å². The van der Waals surface area contributed by atoms with E-state index in [-0.39, 0.29) is 4.90 Å². The number of ether oxygens (including phenoxy) is 2. The molecule has 7 nitrogen and oxygen atoms in total. The molecular weight excluding hydrogens is 354 g/mol. The number of sulfonamides is 1. The van der Waals surface area contributed by atoms with Crippen molar-refractivity contribution in [3.63, 3.8) is 0 Å². The monoisotopic (exact) mass is 377 g/mol. The van der Waals surface area contributed by atoms with Gasteiger partial charge in [-0.25, -0.2) is 18.5 Å². The van der Waals surface area contributed by atoms with Crippen LogP contribution in [-0.2, 0) is 23.0 Å². The Bertz CT molecular complexity index is 882. The van der Waals surface area contributed by atoms with Crippen LogP contribution in [0.25, 0.3) is 0 Å². The standard InChI is InChI=1S/C18H23N3O4S/c1-3-24-16-9-13-7-8-21(12-14(13)10-17(16)25-4-2)18-6-5-15(11-20-18)26(19,22)23/h5-6,9-11H,3-4,7-8,12H2,1-2H3,(H2,19,22,23). The van der Waals surface area contributed by atoms with Gasteiger partial charge in [-0.1, -0.05) is 0 Å². The molecule has 3 rings (SSSR count). The van der Waals surface area contributed by atoms with Crippen LogP contribution in [0.1, 0.15) is 25.0 Å². The first-order valence-corrected chi connectivity index (χ1v) is 10.1. The number of hydrogen-bond acceptors (Lipinski definition) is 6. The first-order valence-electron chi connectivity index (χ1n) is 8.57. The van der Waals surface area contributed by atoms with Crippen LogP contribution in [0.5, 0.6) is 11.5 Å². The van der Waals surface area contributed by atoms with Crippen LogP contribution in [0.4, 0.5) is 5.82 Å². The molecule has 2 heterocycles. The normalized spacial score (nSPS) is 14.0. The molecule has 0 fully saturated rings. The highest BCUT2D eigenvalue weighted by molar-refractivity contribution is 7.89. The largest absolute Gasteiger partial charge is 0.490 e. The van der Waals surface area contributed by atoms with Gasteiger partial charge in [0, 0.05) is 19.3 Å². The molecule has 0 amide bonds. The summed E-state index contributed by atoms with van der Waals surface area (Å²) in [4.78, 5) is 6.37. The van der Waals surface area contributed by atoms with Crippen LogP contribution in [0, 0.1) is 0 Å². The van der Waals surface area contributed by atoms with Crippen molar-refractivity contribution in [2.45, 2.75) is 31.7 Å². The highest BCUT2D eigenvalue weighted by atomic mass is 32.2. The van der Waals surface area contributed by atoms with Gasteiger partial charge >= 0.3 is 0 Å². The van der Waals surface area contributed by atoms with Crippen molar-refractivity contribution in [3.8, 4) is 11.5 Å². The van der Waals surface area contributed by atoms with Gasteiger partial charge in [0.1, 0.15) is 10.7 Å². The first kappa shape index (κ1) is 18.5. The summed E-state index contributed by atoms with van der Waals surface area (Å²) in [6.07, 6.45) is 2.14. The van der Waals surface area contributed by atoms with Crippen molar-refractivity contribution in [2.75, 3.05) is 24.7 Å². The van der Waals surface area contributed by atoms with Gasteiger partial charge in [-0.15, -0.1) is 0 Å². The van der Waals surface area contributed by atoms with E-state index in [1.54, 1.807) is 6.07 Å². The van der Waals surface area contributed by atoms with E-state index in [0.29, 0.717) is 19.8 Å². The third-order valence-electron chi connectivity index (χ3n) is 4.25. The molecule has 2 aromatic rings. The number of anilines is 1. The number of pyridine rings is 1. The molecule has 1 aliphatic heterocycles. The lowest BCUT2D eigenvalue weighted by molar-refractivity contribution is 0.287. The Kier molecular flexibility index (Phi) is 5.33. The summed E-state index contributed by atoms with van der Waals surface area (Å²) < 4.78 is 34.1. The van der Waals surface area contributed by atoms with E-state index in [2.05, 4.69) is 16.0 Å². The Morgan fingerprint density at radius 3 is 2.31 bits per heavy atom. The average Bonchev–Trinajstić information content (AvgIpc) is 2.62. The zero-order chi connectivity index (χ0) is 18.7. The molecule has 0 atom stereocenters. The Hall–Kier alpha value is -2.32. The summed E-state index contributed by atoms with van der Waals surface area (Å²) in [6.45, 7) is 6.51. The number of nitrogens with two attached hydrogens (primary N) is 1. The minimum Gasteiger partial charge on any atom is -0.490 e. The van der Waals surface area contributed by atoms with Gasteiger partial charge in [0.05, 0.1) is 13.2 Å². The van der Waals surface area contributed by atoms with E-state index in [4.69, 9.17) is 14.6 Å². The van der Waals surface area contributed by atoms with Gasteiger partial charge in [0.15, 0.2) is 11.5 Å². The van der Waals surface area contributed by atoms with Gasteiger partial charge in [0.25, 0.3) is 0 Å². The predicted molar refractivity (Wildman–Crippen MR) is 99.1 cm³/mol. The average molecular weight is 377 g/mol. The van der Waals surface area contributed by atoms with Crippen LogP contribution in [0.2, 0.25) is 0 Å². The third kappa shape index (κ3) is 3.91. The summed E-state index contributed by atoms with van der Waals surface area (Å²) in [7, 11) is -3.73. The molecule has 1 aromatic carbocycles. The lowest BCUT2D eigenvalue weighted by Gasteiger charge is -2.30. The zero-order valence-electron chi connectivity index (χ0n) is 14.9. The second-order valence-electron chi connectivity index (χ2n) is 6.00. The molecule has 2 N–H and O–H groups in total. The van der Waals surface area contributed by atoms with Crippen molar-refractivity contribution < 1.29 is 17.9 Å². The summed E-state index contributed by atoms with van der Waals surface area (Å²) >= 11 is 0. The van der Waals surface area contributed by atoms with E-state index in [0.717, 1.165) is 35.8 Å². The Morgan fingerprint density at radius 2 is 1.77 bits per heavy atom. The summed E-state index contributed by atoms with van der Waals surface area (Å²) in [6, 6.07) is 7.24. The molecule has 0 aliphatic carbocycles. The first-order chi connectivity index (χ1) is 12.4. The van der Waals surface area contributed by atoms with Crippen LogP contribution >= 0.6 is 0 Å². The molecule has 0 unspecified atom stereocenters. The maximum atomic E-state index is 11.4. The van der Waals surface area contributed by atoms with E-state index in [9.17, 15) is 8.42 Å². The molecule has 0 saturated carbocycles.